The van der Waals surface area contributed by atoms with Crippen LogP contribution in [0, 0.1) is 0 Å². The van der Waals surface area contributed by atoms with Crippen molar-refractivity contribution in [1.29, 1.82) is 0 Å². The number of hydrogen-bond acceptors (Lipinski definition) is 6. The zero-order chi connectivity index (χ0) is 25.1. The summed E-state index contributed by atoms with van der Waals surface area (Å²) in [6, 6.07) is 5.49. The minimum absolute atomic E-state index is 0.171. The number of carbonyl (C=O) groups is 1. The third-order valence-electron chi connectivity index (χ3n) is 5.87. The third-order valence-corrected chi connectivity index (χ3v) is 8.37. The van der Waals surface area contributed by atoms with Crippen LogP contribution in [0.5, 0.6) is 0 Å². The molecule has 0 unspecified atom stereocenters. The van der Waals surface area contributed by atoms with Gasteiger partial charge in [-0.15, -0.1) is 0 Å². The number of aromatic nitrogens is 1. The average Bonchev–Trinajstić information content (AvgIpc) is 2.88. The molecular formula is C21H19ClF3N5O3S. The van der Waals surface area contributed by atoms with E-state index in [-0.39, 0.29) is 17.3 Å². The number of allylic oxidation sites excluding steroid dienone is 1. The third kappa shape index (κ3) is 3.90. The molecule has 0 saturated heterocycles. The van der Waals surface area contributed by atoms with E-state index in [1.165, 1.54) is 7.05 Å². The second-order valence-corrected chi connectivity index (χ2v) is 10.6. The molecule has 0 spiro atoms. The van der Waals surface area contributed by atoms with Crippen LogP contribution in [0.2, 0.25) is 5.02 Å². The van der Waals surface area contributed by atoms with Gasteiger partial charge in [0.15, 0.2) is 0 Å². The lowest BCUT2D eigenvalue weighted by atomic mass is 9.86. The Morgan fingerprint density at radius 3 is 2.68 bits per heavy atom. The number of pyridine rings is 1. The lowest BCUT2D eigenvalue weighted by Crippen LogP contribution is -2.55. The minimum Gasteiger partial charge on any atom is -0.369 e. The number of halogens is 4. The molecule has 8 nitrogen and oxygen atoms in total. The van der Waals surface area contributed by atoms with Crippen molar-refractivity contribution in [3.05, 3.63) is 70.0 Å². The van der Waals surface area contributed by atoms with Gasteiger partial charge in [0, 0.05) is 18.9 Å². The number of amides is 1. The van der Waals surface area contributed by atoms with Gasteiger partial charge in [0.05, 0.1) is 10.6 Å². The first-order valence-corrected chi connectivity index (χ1v) is 11.8. The lowest BCUT2D eigenvalue weighted by molar-refractivity contribution is -0.137. The van der Waals surface area contributed by atoms with E-state index in [0.29, 0.717) is 24.2 Å². The number of guanidine groups is 1. The lowest BCUT2D eigenvalue weighted by Gasteiger charge is -2.40. The van der Waals surface area contributed by atoms with Crippen LogP contribution in [0.15, 0.2) is 47.6 Å². The summed E-state index contributed by atoms with van der Waals surface area (Å²) >= 11 is 5.87. The van der Waals surface area contributed by atoms with Crippen molar-refractivity contribution >= 4 is 39.2 Å². The number of alkyl halides is 3. The summed E-state index contributed by atoms with van der Waals surface area (Å²) in [6.07, 6.45) is -0.390. The molecule has 1 aliphatic heterocycles. The van der Waals surface area contributed by atoms with Crippen LogP contribution in [0.25, 0.3) is 0 Å². The molecule has 2 atom stereocenters. The zero-order valence-corrected chi connectivity index (χ0v) is 19.5. The summed E-state index contributed by atoms with van der Waals surface area (Å²) in [4.78, 5) is 20.7. The topological polar surface area (TPSA) is 118 Å². The van der Waals surface area contributed by atoms with E-state index < -0.39 is 43.5 Å². The normalized spacial score (nSPS) is 23.4. The number of nitrogens with zero attached hydrogens (tertiary/aromatic N) is 3. The van der Waals surface area contributed by atoms with Gasteiger partial charge in [-0.2, -0.15) is 13.2 Å². The van der Waals surface area contributed by atoms with Gasteiger partial charge in [-0.1, -0.05) is 29.8 Å². The molecule has 0 saturated carbocycles. The van der Waals surface area contributed by atoms with Gasteiger partial charge in [0.2, 0.25) is 16.0 Å². The summed E-state index contributed by atoms with van der Waals surface area (Å²) in [5.41, 5.74) is 4.74. The highest BCUT2D eigenvalue weighted by molar-refractivity contribution is 7.90. The second kappa shape index (κ2) is 7.98. The van der Waals surface area contributed by atoms with Crippen LogP contribution in [-0.2, 0) is 28.2 Å². The SMILES string of the molecule is CN1C(N)=N[C@]2(C)c3cc(NC(=O)c4ncc(C(F)(F)F)cc4Cl)ccc3CC=C[C@@H]2S1(=O)=O. The average molecular weight is 514 g/mol. The maximum Gasteiger partial charge on any atom is 0.417 e. The minimum atomic E-state index is -4.65. The highest BCUT2D eigenvalue weighted by atomic mass is 35.5. The molecule has 2 heterocycles. The molecule has 3 N–H and O–H groups in total. The molecule has 4 rings (SSSR count). The summed E-state index contributed by atoms with van der Waals surface area (Å²) in [7, 11) is -2.53. The van der Waals surface area contributed by atoms with Crippen molar-refractivity contribution < 1.29 is 26.4 Å². The first kappa shape index (κ1) is 24.0. The first-order chi connectivity index (χ1) is 15.7. The van der Waals surface area contributed by atoms with Gasteiger partial charge < -0.3 is 11.1 Å². The number of nitrogens with one attached hydrogen (secondary N) is 1. The molecule has 1 amide bonds. The van der Waals surface area contributed by atoms with Gasteiger partial charge in [0.25, 0.3) is 5.91 Å². The molecule has 0 bridgehead atoms. The number of aliphatic imine (C=N–C) groups is 1. The molecule has 0 fully saturated rings. The molecule has 0 radical (unpaired) electrons. The molecule has 13 heteroatoms. The van der Waals surface area contributed by atoms with Crippen LogP contribution in [0.4, 0.5) is 18.9 Å². The predicted molar refractivity (Wildman–Crippen MR) is 121 cm³/mol. The van der Waals surface area contributed by atoms with Crippen molar-refractivity contribution in [3.8, 4) is 0 Å². The number of fused-ring (bicyclic) bond motifs is 3. The predicted octanol–water partition coefficient (Wildman–Crippen LogP) is 3.29. The number of sulfonamides is 1. The van der Waals surface area contributed by atoms with E-state index in [1.54, 1.807) is 37.3 Å². The Kier molecular flexibility index (Phi) is 5.64. The van der Waals surface area contributed by atoms with Gasteiger partial charge >= 0.3 is 6.18 Å². The number of anilines is 1. The Bertz CT molecular complexity index is 1360. The van der Waals surface area contributed by atoms with Crippen molar-refractivity contribution in [3.63, 3.8) is 0 Å². The molecule has 34 heavy (non-hydrogen) atoms. The van der Waals surface area contributed by atoms with E-state index in [1.807, 2.05) is 0 Å². The van der Waals surface area contributed by atoms with Gasteiger partial charge in [-0.3, -0.25) is 4.79 Å². The molecular weight excluding hydrogens is 495 g/mol. The van der Waals surface area contributed by atoms with Crippen molar-refractivity contribution in [1.82, 2.24) is 9.29 Å². The van der Waals surface area contributed by atoms with Crippen LogP contribution in [0.3, 0.4) is 0 Å². The Morgan fingerprint density at radius 2 is 2.03 bits per heavy atom. The van der Waals surface area contributed by atoms with Gasteiger partial charge in [-0.25, -0.2) is 22.7 Å². The second-order valence-electron chi connectivity index (χ2n) is 8.06. The smallest absolute Gasteiger partial charge is 0.369 e. The Balaban J connectivity index is 1.72. The molecule has 1 aromatic heterocycles. The Labute approximate surface area is 198 Å². The van der Waals surface area contributed by atoms with Crippen LogP contribution in [0.1, 0.15) is 34.1 Å². The van der Waals surface area contributed by atoms with Gasteiger partial charge in [0.1, 0.15) is 16.5 Å². The molecule has 1 aliphatic carbocycles. The van der Waals surface area contributed by atoms with E-state index in [0.717, 1.165) is 9.87 Å². The zero-order valence-electron chi connectivity index (χ0n) is 17.9. The fourth-order valence-electron chi connectivity index (χ4n) is 4.04. The van der Waals surface area contributed by atoms with E-state index in [9.17, 15) is 26.4 Å². The highest BCUT2D eigenvalue weighted by Crippen LogP contribution is 2.42. The molecule has 1 aromatic carbocycles. The van der Waals surface area contributed by atoms with Crippen molar-refractivity contribution in [2.24, 2.45) is 10.7 Å². The fourth-order valence-corrected chi connectivity index (χ4v) is 6.00. The van der Waals surface area contributed by atoms with Gasteiger partial charge in [-0.05, 0) is 42.7 Å². The highest BCUT2D eigenvalue weighted by Gasteiger charge is 2.50. The van der Waals surface area contributed by atoms with E-state index in [2.05, 4.69) is 15.3 Å². The maximum absolute atomic E-state index is 13.0. The molecule has 2 aromatic rings. The Hall–Kier alpha value is -3.12. The summed E-state index contributed by atoms with van der Waals surface area (Å²) in [5, 5.41) is 1.06. The number of benzene rings is 1. The maximum atomic E-state index is 13.0. The molecule has 2 aliphatic rings. The van der Waals surface area contributed by atoms with Crippen molar-refractivity contribution in [2.45, 2.75) is 30.3 Å². The van der Waals surface area contributed by atoms with Crippen LogP contribution in [-0.4, -0.2) is 41.9 Å². The monoisotopic (exact) mass is 513 g/mol. The summed E-state index contributed by atoms with van der Waals surface area (Å²) < 4.78 is 65.6. The van der Waals surface area contributed by atoms with Crippen molar-refractivity contribution in [2.75, 3.05) is 12.4 Å². The van der Waals surface area contributed by atoms with Crippen LogP contribution >= 0.6 is 11.6 Å². The summed E-state index contributed by atoms with van der Waals surface area (Å²) in [5.74, 6) is -0.999. The van der Waals surface area contributed by atoms with Crippen LogP contribution < -0.4 is 11.1 Å². The number of carbonyl (C=O) groups excluding carboxylic acids is 1. The van der Waals surface area contributed by atoms with E-state index >= 15 is 0 Å². The largest absolute Gasteiger partial charge is 0.417 e. The quantitative estimate of drug-likeness (QED) is 0.597. The number of nitrogens with two attached hydrogens (primary N) is 1. The summed E-state index contributed by atoms with van der Waals surface area (Å²) in [6.45, 7) is 1.64. The fraction of sp³-hybridized carbons (Fsp3) is 0.286. The molecule has 180 valence electrons. The number of rotatable bonds is 2. The number of hydrogen-bond donors (Lipinski definition) is 2. The standard InChI is InChI=1S/C21H19ClF3N5O3S/c1-20-14-9-13(28-18(31)17-15(22)8-12(10-27-17)21(23,24)25)7-6-11(14)4-3-5-16(20)34(32,33)30(2)19(26)29-20/h3,5-10,16H,4H2,1-2H3,(H2,26,29)(H,28,31)/t16-,20+/m0/s1. The first-order valence-electron chi connectivity index (χ1n) is 9.92. The Morgan fingerprint density at radius 1 is 1.32 bits per heavy atom. The van der Waals surface area contributed by atoms with E-state index in [4.69, 9.17) is 17.3 Å².